The second-order valence-corrected chi connectivity index (χ2v) is 1.92. The Morgan fingerprint density at radius 1 is 1.19 bits per heavy atom. The Labute approximate surface area is 98.8 Å². The van der Waals surface area contributed by atoms with Gasteiger partial charge in [-0.3, -0.25) is 9.51 Å². The molecule has 1 rings (SSSR count). The second kappa shape index (κ2) is 16.1. The maximum absolute atomic E-state index is 10.4. The number of aromatic nitrogens is 2. The minimum Gasteiger partial charge on any atom is -0.296 e. The van der Waals surface area contributed by atoms with E-state index in [-0.39, 0.29) is 0 Å². The summed E-state index contributed by atoms with van der Waals surface area (Å²) >= 11 is 0. The standard InChI is InChI=1S/C6H8N2O2.3C2H6/c1-3-4(2)5-7-6(9)10-8-5;3*1-2/h3H,1-2H3,(H,7,8,9);3*1-2H3/b4-3+;;;. The molecule has 0 aromatic carbocycles. The van der Waals surface area contributed by atoms with Crippen LogP contribution in [0.5, 0.6) is 0 Å². The van der Waals surface area contributed by atoms with Crippen molar-refractivity contribution in [2.24, 2.45) is 0 Å². The molecule has 0 spiro atoms. The summed E-state index contributed by atoms with van der Waals surface area (Å²) in [4.78, 5) is 12.8. The number of nitrogens with one attached hydrogen (secondary N) is 1. The summed E-state index contributed by atoms with van der Waals surface area (Å²) in [5.74, 6) is -0.0244. The summed E-state index contributed by atoms with van der Waals surface area (Å²) in [5.41, 5.74) is 0.894. The highest BCUT2D eigenvalue weighted by Crippen LogP contribution is 2.03. The van der Waals surface area contributed by atoms with Crippen molar-refractivity contribution in [1.82, 2.24) is 10.1 Å². The minimum absolute atomic E-state index is 0.493. The van der Waals surface area contributed by atoms with Gasteiger partial charge in [-0.2, -0.15) is 0 Å². The van der Waals surface area contributed by atoms with Gasteiger partial charge in [0.25, 0.3) is 0 Å². The van der Waals surface area contributed by atoms with Gasteiger partial charge in [0.2, 0.25) is 0 Å². The SMILES string of the molecule is C/C=C(\C)c1noc(=O)[nH]1.CC.CC.CC. The van der Waals surface area contributed by atoms with Crippen molar-refractivity contribution in [3.05, 3.63) is 22.5 Å². The third kappa shape index (κ3) is 9.24. The Morgan fingerprint density at radius 2 is 1.62 bits per heavy atom. The molecule has 4 heteroatoms. The number of allylic oxidation sites excluding steroid dienone is 2. The monoisotopic (exact) mass is 230 g/mol. The van der Waals surface area contributed by atoms with Crippen molar-refractivity contribution in [3.8, 4) is 0 Å². The molecular formula is C12H26N2O2. The first-order valence-corrected chi connectivity index (χ1v) is 5.93. The van der Waals surface area contributed by atoms with Crippen LogP contribution >= 0.6 is 0 Å². The molecule has 0 bridgehead atoms. The molecule has 0 fully saturated rings. The third-order valence-corrected chi connectivity index (χ3v) is 1.25. The van der Waals surface area contributed by atoms with E-state index in [4.69, 9.17) is 0 Å². The van der Waals surface area contributed by atoms with Crippen LogP contribution in [0.3, 0.4) is 0 Å². The summed E-state index contributed by atoms with van der Waals surface area (Å²) in [7, 11) is 0. The maximum atomic E-state index is 10.4. The normalized spacial score (nSPS) is 8.62. The number of hydrogen-bond acceptors (Lipinski definition) is 3. The molecule has 0 aliphatic carbocycles. The van der Waals surface area contributed by atoms with Gasteiger partial charge < -0.3 is 0 Å². The third-order valence-electron chi connectivity index (χ3n) is 1.25. The molecule has 0 saturated carbocycles. The summed E-state index contributed by atoms with van der Waals surface area (Å²) < 4.78 is 4.29. The van der Waals surface area contributed by atoms with E-state index >= 15 is 0 Å². The van der Waals surface area contributed by atoms with E-state index in [0.717, 1.165) is 5.57 Å². The van der Waals surface area contributed by atoms with Gasteiger partial charge in [0.1, 0.15) is 0 Å². The van der Waals surface area contributed by atoms with Crippen molar-refractivity contribution in [2.75, 3.05) is 0 Å². The number of H-pyrrole nitrogens is 1. The molecule has 0 amide bonds. The number of aromatic amines is 1. The van der Waals surface area contributed by atoms with Crippen molar-refractivity contribution in [1.29, 1.82) is 0 Å². The van der Waals surface area contributed by atoms with E-state index in [2.05, 4.69) is 14.7 Å². The first-order valence-electron chi connectivity index (χ1n) is 5.93. The van der Waals surface area contributed by atoms with Gasteiger partial charge in [-0.05, 0) is 19.4 Å². The van der Waals surface area contributed by atoms with E-state index in [0.29, 0.717) is 5.82 Å². The smallest absolute Gasteiger partial charge is 0.296 e. The second-order valence-electron chi connectivity index (χ2n) is 1.92. The molecule has 16 heavy (non-hydrogen) atoms. The molecule has 1 N–H and O–H groups in total. The zero-order chi connectivity index (χ0) is 13.6. The minimum atomic E-state index is -0.517. The Balaban J connectivity index is -0.000000245. The van der Waals surface area contributed by atoms with Gasteiger partial charge in [-0.15, -0.1) is 0 Å². The van der Waals surface area contributed by atoms with Gasteiger partial charge in [0, 0.05) is 0 Å². The fourth-order valence-corrected chi connectivity index (χ4v) is 0.537. The topological polar surface area (TPSA) is 58.9 Å². The lowest BCUT2D eigenvalue weighted by atomic mass is 10.3. The molecule has 0 atom stereocenters. The highest BCUT2D eigenvalue weighted by molar-refractivity contribution is 5.55. The van der Waals surface area contributed by atoms with Crippen molar-refractivity contribution in [2.45, 2.75) is 55.4 Å². The lowest BCUT2D eigenvalue weighted by Crippen LogP contribution is -1.95. The zero-order valence-electron chi connectivity index (χ0n) is 11.8. The van der Waals surface area contributed by atoms with Crippen LogP contribution < -0.4 is 5.76 Å². The highest BCUT2D eigenvalue weighted by atomic mass is 16.5. The average Bonchev–Trinajstić information content (AvgIpc) is 2.82. The van der Waals surface area contributed by atoms with Crippen LogP contribution in [0.2, 0.25) is 0 Å². The molecule has 0 aliphatic heterocycles. The maximum Gasteiger partial charge on any atom is 0.439 e. The predicted octanol–water partition coefficient (Wildman–Crippen LogP) is 3.86. The number of rotatable bonds is 1. The lowest BCUT2D eigenvalue weighted by molar-refractivity contribution is 0.385. The van der Waals surface area contributed by atoms with Gasteiger partial charge in [0.15, 0.2) is 5.82 Å². The summed E-state index contributed by atoms with van der Waals surface area (Å²) in [6, 6.07) is 0. The molecule has 96 valence electrons. The highest BCUT2D eigenvalue weighted by Gasteiger charge is 1.99. The fraction of sp³-hybridized carbons (Fsp3) is 0.667. The first kappa shape index (κ1) is 20.1. The van der Waals surface area contributed by atoms with Gasteiger partial charge in [-0.25, -0.2) is 4.79 Å². The summed E-state index contributed by atoms with van der Waals surface area (Å²) in [6.07, 6.45) is 1.84. The largest absolute Gasteiger partial charge is 0.439 e. The number of nitrogens with zero attached hydrogens (tertiary/aromatic N) is 1. The summed E-state index contributed by atoms with van der Waals surface area (Å²) in [6.45, 7) is 15.7. The molecule has 0 unspecified atom stereocenters. The van der Waals surface area contributed by atoms with Crippen molar-refractivity contribution >= 4 is 5.57 Å². The van der Waals surface area contributed by atoms with Gasteiger partial charge in [0.05, 0.1) is 0 Å². The van der Waals surface area contributed by atoms with E-state index in [1.54, 1.807) is 0 Å². The van der Waals surface area contributed by atoms with E-state index in [9.17, 15) is 4.79 Å². The molecule has 1 aromatic rings. The van der Waals surface area contributed by atoms with E-state index in [1.807, 2.05) is 61.5 Å². The van der Waals surface area contributed by atoms with Crippen LogP contribution in [0.1, 0.15) is 61.2 Å². The fourth-order valence-electron chi connectivity index (χ4n) is 0.537. The van der Waals surface area contributed by atoms with E-state index < -0.39 is 5.76 Å². The van der Waals surface area contributed by atoms with Gasteiger partial charge in [-0.1, -0.05) is 52.8 Å². The zero-order valence-corrected chi connectivity index (χ0v) is 11.8. The van der Waals surface area contributed by atoms with Crippen LogP contribution in [0, 0.1) is 0 Å². The average molecular weight is 230 g/mol. The van der Waals surface area contributed by atoms with E-state index in [1.165, 1.54) is 0 Å². The Kier molecular flexibility index (Phi) is 20.3. The lowest BCUT2D eigenvalue weighted by Gasteiger charge is -1.86. The molecule has 0 aliphatic rings. The Bertz CT molecular complexity index is 298. The quantitative estimate of drug-likeness (QED) is 0.796. The van der Waals surface area contributed by atoms with Crippen molar-refractivity contribution < 1.29 is 4.52 Å². The van der Waals surface area contributed by atoms with Crippen LogP contribution in [0.25, 0.3) is 5.57 Å². The van der Waals surface area contributed by atoms with Crippen LogP contribution in [-0.4, -0.2) is 10.1 Å². The molecule has 4 nitrogen and oxygen atoms in total. The molecule has 0 saturated heterocycles. The van der Waals surface area contributed by atoms with Crippen molar-refractivity contribution in [3.63, 3.8) is 0 Å². The predicted molar refractivity (Wildman–Crippen MR) is 70.5 cm³/mol. The Morgan fingerprint density at radius 3 is 1.88 bits per heavy atom. The van der Waals surface area contributed by atoms with Crippen LogP contribution in [0.4, 0.5) is 0 Å². The number of hydrogen-bond donors (Lipinski definition) is 1. The van der Waals surface area contributed by atoms with Crippen LogP contribution in [0.15, 0.2) is 15.4 Å². The molecule has 1 heterocycles. The molecular weight excluding hydrogens is 204 g/mol. The summed E-state index contributed by atoms with van der Waals surface area (Å²) in [5, 5.41) is 3.48. The molecule has 0 radical (unpaired) electrons. The molecule has 1 aromatic heterocycles. The Hall–Kier alpha value is -1.32. The van der Waals surface area contributed by atoms with Gasteiger partial charge >= 0.3 is 5.76 Å². The van der Waals surface area contributed by atoms with Crippen LogP contribution in [-0.2, 0) is 0 Å². The first-order chi connectivity index (χ1) is 7.74.